The molecule has 0 saturated heterocycles. The van der Waals surface area contributed by atoms with E-state index in [2.05, 4.69) is 20.8 Å². The Morgan fingerprint density at radius 3 is 2.18 bits per heavy atom. The number of hydrogen-bond donors (Lipinski definition) is 0. The summed E-state index contributed by atoms with van der Waals surface area (Å²) in [6.45, 7) is 7.07. The summed E-state index contributed by atoms with van der Waals surface area (Å²) in [5.41, 5.74) is 4.06. The lowest BCUT2D eigenvalue weighted by Crippen LogP contribution is -2.11. The average molecular weight is 150 g/mol. The van der Waals surface area contributed by atoms with Gasteiger partial charge in [0.1, 0.15) is 0 Å². The minimum absolute atomic E-state index is 0.463. The average Bonchev–Trinajstić information content (AvgIpc) is 2.42. The molecule has 11 heavy (non-hydrogen) atoms. The van der Waals surface area contributed by atoms with Crippen LogP contribution in [0.4, 0.5) is 0 Å². The second kappa shape index (κ2) is 2.12. The summed E-state index contributed by atoms with van der Waals surface area (Å²) in [6, 6.07) is 0. The number of allylic oxidation sites excluding steroid dienone is 2. The van der Waals surface area contributed by atoms with Crippen LogP contribution in [0.1, 0.15) is 46.5 Å². The molecular weight excluding hydrogens is 132 g/mol. The molecule has 2 aliphatic carbocycles. The van der Waals surface area contributed by atoms with E-state index in [-0.39, 0.29) is 0 Å². The van der Waals surface area contributed by atoms with Crippen LogP contribution in [-0.2, 0) is 0 Å². The molecule has 1 fully saturated rings. The maximum absolute atomic E-state index is 2.36. The largest absolute Gasteiger partial charge is 0.0702 e. The molecule has 0 aromatic heterocycles. The van der Waals surface area contributed by atoms with Gasteiger partial charge in [-0.1, -0.05) is 31.9 Å². The van der Waals surface area contributed by atoms with E-state index in [1.165, 1.54) is 25.7 Å². The van der Waals surface area contributed by atoms with Crippen LogP contribution in [0.3, 0.4) is 0 Å². The van der Waals surface area contributed by atoms with Gasteiger partial charge in [0.2, 0.25) is 0 Å². The Morgan fingerprint density at radius 2 is 1.91 bits per heavy atom. The van der Waals surface area contributed by atoms with E-state index < -0.39 is 0 Å². The first kappa shape index (κ1) is 7.39. The van der Waals surface area contributed by atoms with Crippen LogP contribution in [0, 0.1) is 11.3 Å². The van der Waals surface area contributed by atoms with Crippen LogP contribution in [0.15, 0.2) is 11.1 Å². The van der Waals surface area contributed by atoms with Gasteiger partial charge in [-0.3, -0.25) is 0 Å². The van der Waals surface area contributed by atoms with E-state index in [1.807, 2.05) is 5.57 Å². The van der Waals surface area contributed by atoms with Crippen molar-refractivity contribution >= 4 is 0 Å². The maximum Gasteiger partial charge on any atom is -0.0170 e. The molecule has 0 amide bonds. The number of fused-ring (bicyclic) bond motifs is 2. The SMILES string of the molecule is CC(C)(C)C1=C2CCC(C2)C1. The normalized spacial score (nSPS) is 30.3. The van der Waals surface area contributed by atoms with E-state index in [9.17, 15) is 0 Å². The Bertz CT molecular complexity index is 203. The van der Waals surface area contributed by atoms with Crippen molar-refractivity contribution in [2.45, 2.75) is 46.5 Å². The predicted octanol–water partition coefficient (Wildman–Crippen LogP) is 3.53. The van der Waals surface area contributed by atoms with Gasteiger partial charge in [0.15, 0.2) is 0 Å². The minimum Gasteiger partial charge on any atom is -0.0702 e. The summed E-state index contributed by atoms with van der Waals surface area (Å²) >= 11 is 0. The molecular formula is C11H18. The van der Waals surface area contributed by atoms with E-state index in [0.29, 0.717) is 5.41 Å². The third-order valence-electron chi connectivity index (χ3n) is 3.21. The van der Waals surface area contributed by atoms with Crippen LogP contribution >= 0.6 is 0 Å². The molecule has 0 radical (unpaired) electrons. The minimum atomic E-state index is 0.463. The van der Waals surface area contributed by atoms with Crippen LogP contribution in [0.2, 0.25) is 0 Å². The first-order chi connectivity index (χ1) is 5.07. The molecule has 62 valence electrons. The fourth-order valence-electron chi connectivity index (χ4n) is 2.65. The lowest BCUT2D eigenvalue weighted by molar-refractivity contribution is 0.442. The first-order valence-electron chi connectivity index (χ1n) is 4.79. The quantitative estimate of drug-likeness (QED) is 0.463. The Kier molecular flexibility index (Phi) is 1.42. The zero-order valence-electron chi connectivity index (χ0n) is 7.91. The zero-order chi connectivity index (χ0) is 8.06. The van der Waals surface area contributed by atoms with Crippen molar-refractivity contribution < 1.29 is 0 Å². The van der Waals surface area contributed by atoms with Gasteiger partial charge in [0, 0.05) is 0 Å². The van der Waals surface area contributed by atoms with Crippen LogP contribution in [0.5, 0.6) is 0 Å². The molecule has 0 spiro atoms. The summed E-state index contributed by atoms with van der Waals surface area (Å²) in [4.78, 5) is 0. The Labute approximate surface area is 69.7 Å². The molecule has 2 rings (SSSR count). The van der Waals surface area contributed by atoms with Crippen molar-refractivity contribution in [3.05, 3.63) is 11.1 Å². The third-order valence-corrected chi connectivity index (χ3v) is 3.21. The van der Waals surface area contributed by atoms with Crippen molar-refractivity contribution in [1.82, 2.24) is 0 Å². The summed E-state index contributed by atoms with van der Waals surface area (Å²) < 4.78 is 0. The Balaban J connectivity index is 2.28. The lowest BCUT2D eigenvalue weighted by Gasteiger charge is -2.25. The van der Waals surface area contributed by atoms with E-state index in [4.69, 9.17) is 0 Å². The van der Waals surface area contributed by atoms with Crippen LogP contribution < -0.4 is 0 Å². The van der Waals surface area contributed by atoms with E-state index >= 15 is 0 Å². The van der Waals surface area contributed by atoms with Gasteiger partial charge >= 0.3 is 0 Å². The zero-order valence-corrected chi connectivity index (χ0v) is 7.91. The van der Waals surface area contributed by atoms with Crippen molar-refractivity contribution in [3.63, 3.8) is 0 Å². The Hall–Kier alpha value is -0.260. The summed E-state index contributed by atoms with van der Waals surface area (Å²) in [6.07, 6.45) is 5.75. The molecule has 2 aliphatic rings. The molecule has 0 aliphatic heterocycles. The smallest absolute Gasteiger partial charge is 0.0170 e. The standard InChI is InChI=1S/C11H18/c1-11(2,3)10-7-8-4-5-9(10)6-8/h8H,4-7H2,1-3H3. The molecule has 1 unspecified atom stereocenters. The molecule has 2 bridgehead atoms. The van der Waals surface area contributed by atoms with Gasteiger partial charge in [-0.05, 0) is 37.0 Å². The molecule has 1 saturated carbocycles. The second-order valence-corrected chi connectivity index (χ2v) is 5.15. The van der Waals surface area contributed by atoms with Gasteiger partial charge < -0.3 is 0 Å². The molecule has 0 heterocycles. The van der Waals surface area contributed by atoms with Gasteiger partial charge in [-0.25, -0.2) is 0 Å². The summed E-state index contributed by atoms with van der Waals surface area (Å²) in [7, 11) is 0. The van der Waals surface area contributed by atoms with E-state index in [0.717, 1.165) is 5.92 Å². The van der Waals surface area contributed by atoms with Gasteiger partial charge in [-0.2, -0.15) is 0 Å². The molecule has 0 nitrogen and oxygen atoms in total. The number of rotatable bonds is 0. The fraction of sp³-hybridized carbons (Fsp3) is 0.818. The Morgan fingerprint density at radius 1 is 1.18 bits per heavy atom. The second-order valence-electron chi connectivity index (χ2n) is 5.15. The van der Waals surface area contributed by atoms with Gasteiger partial charge in [0.25, 0.3) is 0 Å². The molecule has 0 N–H and O–H groups in total. The summed E-state index contributed by atoms with van der Waals surface area (Å²) in [5, 5.41) is 0. The molecule has 1 atom stereocenters. The lowest BCUT2D eigenvalue weighted by atomic mass is 9.80. The molecule has 0 aromatic rings. The van der Waals surface area contributed by atoms with Crippen molar-refractivity contribution in [2.75, 3.05) is 0 Å². The number of hydrogen-bond acceptors (Lipinski definition) is 0. The fourth-order valence-corrected chi connectivity index (χ4v) is 2.65. The van der Waals surface area contributed by atoms with Crippen LogP contribution in [0.25, 0.3) is 0 Å². The van der Waals surface area contributed by atoms with Crippen LogP contribution in [-0.4, -0.2) is 0 Å². The van der Waals surface area contributed by atoms with Crippen molar-refractivity contribution in [1.29, 1.82) is 0 Å². The highest BCUT2D eigenvalue weighted by atomic mass is 14.4. The highest BCUT2D eigenvalue weighted by molar-refractivity contribution is 5.29. The van der Waals surface area contributed by atoms with E-state index in [1.54, 1.807) is 5.57 Å². The highest BCUT2D eigenvalue weighted by Crippen LogP contribution is 2.49. The monoisotopic (exact) mass is 150 g/mol. The first-order valence-corrected chi connectivity index (χ1v) is 4.79. The van der Waals surface area contributed by atoms with Crippen molar-refractivity contribution in [2.24, 2.45) is 11.3 Å². The molecule has 0 heteroatoms. The third kappa shape index (κ3) is 1.13. The van der Waals surface area contributed by atoms with Gasteiger partial charge in [-0.15, -0.1) is 0 Å². The van der Waals surface area contributed by atoms with Gasteiger partial charge in [0.05, 0.1) is 0 Å². The summed E-state index contributed by atoms with van der Waals surface area (Å²) in [5.74, 6) is 1.04. The topological polar surface area (TPSA) is 0 Å². The maximum atomic E-state index is 2.36. The predicted molar refractivity (Wildman–Crippen MR) is 48.4 cm³/mol. The van der Waals surface area contributed by atoms with Crippen molar-refractivity contribution in [3.8, 4) is 0 Å². The molecule has 0 aromatic carbocycles. The highest BCUT2D eigenvalue weighted by Gasteiger charge is 2.34.